The molecule has 0 saturated heterocycles. The van der Waals surface area contributed by atoms with E-state index in [0.29, 0.717) is 5.69 Å². The van der Waals surface area contributed by atoms with Crippen LogP contribution in [0.1, 0.15) is 16.1 Å². The first-order chi connectivity index (χ1) is 11.5. The summed E-state index contributed by atoms with van der Waals surface area (Å²) in [6.07, 6.45) is 1.37. The molecule has 8 heteroatoms. The van der Waals surface area contributed by atoms with Crippen LogP contribution in [-0.4, -0.2) is 30.8 Å². The quantitative estimate of drug-likeness (QED) is 0.594. The predicted octanol–water partition coefficient (Wildman–Crippen LogP) is 1.68. The monoisotopic (exact) mass is 441 g/mol. The van der Waals surface area contributed by atoms with Crippen molar-refractivity contribution in [3.63, 3.8) is 0 Å². The molecule has 0 unspecified atom stereocenters. The molecular formula is C16H16IN3O4. The fourth-order valence-electron chi connectivity index (χ4n) is 1.77. The minimum atomic E-state index is -0.492. The largest absolute Gasteiger partial charge is 0.459 e. The lowest BCUT2D eigenvalue weighted by Crippen LogP contribution is -2.40. The van der Waals surface area contributed by atoms with Gasteiger partial charge >= 0.3 is 0 Å². The van der Waals surface area contributed by atoms with Crippen LogP contribution in [0.25, 0.3) is 0 Å². The van der Waals surface area contributed by atoms with E-state index in [0.717, 1.165) is 9.13 Å². The van der Waals surface area contributed by atoms with E-state index in [1.165, 1.54) is 12.3 Å². The van der Waals surface area contributed by atoms with E-state index >= 15 is 0 Å². The van der Waals surface area contributed by atoms with E-state index in [4.69, 9.17) is 4.42 Å². The third kappa shape index (κ3) is 5.37. The maximum Gasteiger partial charge on any atom is 0.287 e. The molecule has 126 valence electrons. The van der Waals surface area contributed by atoms with Crippen molar-refractivity contribution in [3.8, 4) is 0 Å². The highest BCUT2D eigenvalue weighted by Crippen LogP contribution is 2.16. The Balaban J connectivity index is 1.72. The van der Waals surface area contributed by atoms with E-state index in [9.17, 15) is 14.4 Å². The van der Waals surface area contributed by atoms with Crippen molar-refractivity contribution in [2.45, 2.75) is 6.92 Å². The fourth-order valence-corrected chi connectivity index (χ4v) is 2.29. The van der Waals surface area contributed by atoms with Gasteiger partial charge in [-0.15, -0.1) is 0 Å². The highest BCUT2D eigenvalue weighted by molar-refractivity contribution is 14.1. The van der Waals surface area contributed by atoms with Gasteiger partial charge in [0.1, 0.15) is 0 Å². The number of hydrogen-bond donors (Lipinski definition) is 3. The zero-order valence-electron chi connectivity index (χ0n) is 12.9. The second kappa shape index (κ2) is 8.48. The third-order valence-electron chi connectivity index (χ3n) is 3.06. The molecule has 0 bridgehead atoms. The van der Waals surface area contributed by atoms with Crippen LogP contribution in [0.5, 0.6) is 0 Å². The number of carbonyl (C=O) groups is 3. The van der Waals surface area contributed by atoms with Crippen LogP contribution in [-0.2, 0) is 9.59 Å². The van der Waals surface area contributed by atoms with Crippen LogP contribution in [0.4, 0.5) is 5.69 Å². The number of halogens is 1. The van der Waals surface area contributed by atoms with E-state index < -0.39 is 11.8 Å². The van der Waals surface area contributed by atoms with E-state index in [1.807, 2.05) is 19.1 Å². The second-order valence-corrected chi connectivity index (χ2v) is 6.11. The summed E-state index contributed by atoms with van der Waals surface area (Å²) in [4.78, 5) is 35.0. The summed E-state index contributed by atoms with van der Waals surface area (Å²) in [5.41, 5.74) is 1.78. The molecule has 24 heavy (non-hydrogen) atoms. The molecule has 0 saturated carbocycles. The fraction of sp³-hybridized carbons (Fsp3) is 0.188. The average molecular weight is 441 g/mol. The first kappa shape index (κ1) is 18.0. The Labute approximate surface area is 152 Å². The Bertz CT molecular complexity index is 744. The van der Waals surface area contributed by atoms with Crippen molar-refractivity contribution in [3.05, 3.63) is 51.5 Å². The number of amides is 3. The van der Waals surface area contributed by atoms with Crippen LogP contribution in [0.15, 0.2) is 41.0 Å². The Morgan fingerprint density at radius 3 is 2.50 bits per heavy atom. The molecule has 7 nitrogen and oxygen atoms in total. The predicted molar refractivity (Wildman–Crippen MR) is 96.6 cm³/mol. The van der Waals surface area contributed by atoms with Gasteiger partial charge in [0.05, 0.1) is 19.4 Å². The molecule has 0 fully saturated rings. The number of anilines is 1. The van der Waals surface area contributed by atoms with Crippen LogP contribution in [0, 0.1) is 10.5 Å². The molecule has 1 aromatic heterocycles. The van der Waals surface area contributed by atoms with Crippen LogP contribution in [0.3, 0.4) is 0 Å². The Morgan fingerprint density at radius 1 is 1.08 bits per heavy atom. The van der Waals surface area contributed by atoms with Gasteiger partial charge in [-0.1, -0.05) is 6.07 Å². The molecule has 0 atom stereocenters. The molecule has 1 aromatic carbocycles. The summed E-state index contributed by atoms with van der Waals surface area (Å²) in [6.45, 7) is 1.56. The highest BCUT2D eigenvalue weighted by Gasteiger charge is 2.11. The maximum atomic E-state index is 11.8. The molecule has 0 aliphatic heterocycles. The third-order valence-corrected chi connectivity index (χ3v) is 4.22. The van der Waals surface area contributed by atoms with Gasteiger partial charge < -0.3 is 20.4 Å². The lowest BCUT2D eigenvalue weighted by Gasteiger charge is -2.08. The van der Waals surface area contributed by atoms with E-state index in [2.05, 4.69) is 38.5 Å². The van der Waals surface area contributed by atoms with Gasteiger partial charge in [-0.3, -0.25) is 14.4 Å². The molecule has 3 N–H and O–H groups in total. The standard InChI is InChI=1S/C16H16IN3O4/c1-10-4-5-11(7-12(10)17)20-15(22)9-18-14(21)8-19-16(23)13-3-2-6-24-13/h2-7H,8-9H2,1H3,(H,18,21)(H,19,23)(H,20,22). The zero-order chi connectivity index (χ0) is 17.5. The maximum absolute atomic E-state index is 11.8. The van der Waals surface area contributed by atoms with Gasteiger partial charge in [0.25, 0.3) is 5.91 Å². The average Bonchev–Trinajstić information content (AvgIpc) is 3.08. The summed E-state index contributed by atoms with van der Waals surface area (Å²) < 4.78 is 5.94. The molecule has 0 aliphatic carbocycles. The van der Waals surface area contributed by atoms with Crippen LogP contribution >= 0.6 is 22.6 Å². The van der Waals surface area contributed by atoms with Crippen molar-refractivity contribution in [1.82, 2.24) is 10.6 Å². The highest BCUT2D eigenvalue weighted by atomic mass is 127. The zero-order valence-corrected chi connectivity index (χ0v) is 15.0. The smallest absolute Gasteiger partial charge is 0.287 e. The first-order valence-corrected chi connectivity index (χ1v) is 8.18. The molecular weight excluding hydrogens is 425 g/mol. The number of aryl methyl sites for hydroxylation is 1. The number of furan rings is 1. The Kier molecular flexibility index (Phi) is 6.36. The Morgan fingerprint density at radius 2 is 1.83 bits per heavy atom. The summed E-state index contributed by atoms with van der Waals surface area (Å²) in [5, 5.41) is 7.52. The van der Waals surface area contributed by atoms with Crippen molar-refractivity contribution in [1.29, 1.82) is 0 Å². The van der Waals surface area contributed by atoms with E-state index in [-0.39, 0.29) is 24.8 Å². The molecule has 2 aromatic rings. The number of hydrogen-bond acceptors (Lipinski definition) is 4. The van der Waals surface area contributed by atoms with Crippen molar-refractivity contribution in [2.24, 2.45) is 0 Å². The molecule has 1 heterocycles. The topological polar surface area (TPSA) is 100 Å². The molecule has 0 aliphatic rings. The molecule has 0 spiro atoms. The van der Waals surface area contributed by atoms with Crippen LogP contribution in [0.2, 0.25) is 0 Å². The van der Waals surface area contributed by atoms with Gasteiger partial charge in [0.2, 0.25) is 11.8 Å². The Hall–Kier alpha value is -2.36. The lowest BCUT2D eigenvalue weighted by molar-refractivity contribution is -0.123. The molecule has 0 radical (unpaired) electrons. The summed E-state index contributed by atoms with van der Waals surface area (Å²) >= 11 is 2.18. The SMILES string of the molecule is Cc1ccc(NC(=O)CNC(=O)CNC(=O)c2ccco2)cc1I. The lowest BCUT2D eigenvalue weighted by atomic mass is 10.2. The van der Waals surface area contributed by atoms with Gasteiger partial charge in [-0.2, -0.15) is 0 Å². The van der Waals surface area contributed by atoms with Crippen LogP contribution < -0.4 is 16.0 Å². The van der Waals surface area contributed by atoms with Crippen molar-refractivity contribution in [2.75, 3.05) is 18.4 Å². The molecule has 3 amide bonds. The van der Waals surface area contributed by atoms with Gasteiger partial charge in [0, 0.05) is 9.26 Å². The number of nitrogens with one attached hydrogen (secondary N) is 3. The second-order valence-electron chi connectivity index (χ2n) is 4.95. The molecule has 2 rings (SSSR count). The van der Waals surface area contributed by atoms with E-state index in [1.54, 1.807) is 12.1 Å². The van der Waals surface area contributed by atoms with Gasteiger partial charge in [0.15, 0.2) is 5.76 Å². The minimum absolute atomic E-state index is 0.120. The summed E-state index contributed by atoms with van der Waals surface area (Å²) in [7, 11) is 0. The number of rotatable bonds is 6. The number of carbonyl (C=O) groups excluding carboxylic acids is 3. The van der Waals surface area contributed by atoms with Crippen molar-refractivity contribution < 1.29 is 18.8 Å². The minimum Gasteiger partial charge on any atom is -0.459 e. The van der Waals surface area contributed by atoms with Crippen molar-refractivity contribution >= 4 is 46.0 Å². The first-order valence-electron chi connectivity index (χ1n) is 7.10. The normalized spacial score (nSPS) is 10.1. The van der Waals surface area contributed by atoms with Gasteiger partial charge in [-0.05, 0) is 59.3 Å². The number of benzene rings is 1. The summed E-state index contributed by atoms with van der Waals surface area (Å²) in [5.74, 6) is -1.19. The summed E-state index contributed by atoms with van der Waals surface area (Å²) in [6, 6.07) is 8.61. The van der Waals surface area contributed by atoms with Gasteiger partial charge in [-0.25, -0.2) is 0 Å².